The second-order valence-electron chi connectivity index (χ2n) is 4.93. The fraction of sp³-hybridized carbons (Fsp3) is 0.353. The first-order valence-electron chi connectivity index (χ1n) is 7.23. The minimum atomic E-state index is 0.190. The molecule has 0 spiro atoms. The summed E-state index contributed by atoms with van der Waals surface area (Å²) >= 11 is 6.20. The third-order valence-electron chi connectivity index (χ3n) is 3.36. The van der Waals surface area contributed by atoms with E-state index in [0.29, 0.717) is 5.02 Å². The summed E-state index contributed by atoms with van der Waals surface area (Å²) in [6.07, 6.45) is 5.28. The van der Waals surface area contributed by atoms with Crippen molar-refractivity contribution in [2.75, 3.05) is 13.7 Å². The number of nitrogens with one attached hydrogen (secondary N) is 1. The zero-order valence-electron chi connectivity index (χ0n) is 12.5. The Morgan fingerprint density at radius 3 is 2.90 bits per heavy atom. The Morgan fingerprint density at radius 1 is 1.33 bits per heavy atom. The van der Waals surface area contributed by atoms with Gasteiger partial charge in [0.1, 0.15) is 5.75 Å². The number of aromatic nitrogens is 1. The molecule has 0 aliphatic rings. The van der Waals surface area contributed by atoms with Gasteiger partial charge in [-0.25, -0.2) is 0 Å². The minimum absolute atomic E-state index is 0.190. The van der Waals surface area contributed by atoms with Crippen LogP contribution in [-0.2, 0) is 6.42 Å². The molecule has 1 unspecified atom stereocenters. The normalized spacial score (nSPS) is 12.1. The van der Waals surface area contributed by atoms with Gasteiger partial charge in [-0.3, -0.25) is 4.98 Å². The van der Waals surface area contributed by atoms with Gasteiger partial charge in [0, 0.05) is 18.4 Å². The lowest BCUT2D eigenvalue weighted by molar-refractivity contribution is 0.317. The Bertz CT molecular complexity index is 574. The van der Waals surface area contributed by atoms with Crippen LogP contribution in [0.5, 0.6) is 5.75 Å². The summed E-state index contributed by atoms with van der Waals surface area (Å²) in [5.74, 6) is 0.912. The Hall–Kier alpha value is -1.58. The van der Waals surface area contributed by atoms with E-state index in [9.17, 15) is 0 Å². The van der Waals surface area contributed by atoms with Gasteiger partial charge in [-0.05, 0) is 49.2 Å². The fourth-order valence-electron chi connectivity index (χ4n) is 2.22. The standard InChI is InChI=1S/C17H21ClN2O/c1-3-9-21-15-6-4-5-14(10-15)17(19-2)11-13-7-8-20-12-16(13)18/h4-8,10,12,17,19H,3,9,11H2,1-2H3. The predicted molar refractivity (Wildman–Crippen MR) is 87.0 cm³/mol. The molecule has 1 heterocycles. The van der Waals surface area contributed by atoms with E-state index >= 15 is 0 Å². The maximum atomic E-state index is 6.20. The predicted octanol–water partition coefficient (Wildman–Crippen LogP) is 4.03. The first-order valence-corrected chi connectivity index (χ1v) is 7.60. The number of halogens is 1. The molecule has 1 atom stereocenters. The van der Waals surface area contributed by atoms with Crippen LogP contribution in [0.15, 0.2) is 42.7 Å². The maximum absolute atomic E-state index is 6.20. The van der Waals surface area contributed by atoms with Gasteiger partial charge in [-0.1, -0.05) is 30.7 Å². The minimum Gasteiger partial charge on any atom is -0.494 e. The van der Waals surface area contributed by atoms with Crippen LogP contribution in [0.4, 0.5) is 0 Å². The third kappa shape index (κ3) is 4.45. The molecule has 0 fully saturated rings. The van der Waals surface area contributed by atoms with E-state index < -0.39 is 0 Å². The molecular weight excluding hydrogens is 284 g/mol. The Kier molecular flexibility index (Phi) is 6.03. The summed E-state index contributed by atoms with van der Waals surface area (Å²) in [6.45, 7) is 2.84. The number of hydrogen-bond donors (Lipinski definition) is 1. The highest BCUT2D eigenvalue weighted by Gasteiger charge is 2.13. The van der Waals surface area contributed by atoms with Crippen LogP contribution in [-0.4, -0.2) is 18.6 Å². The SMILES string of the molecule is CCCOc1cccc(C(Cc2ccncc2Cl)NC)c1. The van der Waals surface area contributed by atoms with Gasteiger partial charge in [0.2, 0.25) is 0 Å². The second-order valence-corrected chi connectivity index (χ2v) is 5.34. The summed E-state index contributed by atoms with van der Waals surface area (Å²) in [6, 6.07) is 10.4. The number of pyridine rings is 1. The van der Waals surface area contributed by atoms with Gasteiger partial charge in [-0.15, -0.1) is 0 Å². The van der Waals surface area contributed by atoms with Gasteiger partial charge in [0.05, 0.1) is 11.6 Å². The monoisotopic (exact) mass is 304 g/mol. The van der Waals surface area contributed by atoms with Crippen LogP contribution in [0.1, 0.15) is 30.5 Å². The number of ether oxygens (including phenoxy) is 1. The molecular formula is C17H21ClN2O. The Labute approximate surface area is 131 Å². The van der Waals surface area contributed by atoms with Gasteiger partial charge in [0.25, 0.3) is 0 Å². The summed E-state index contributed by atoms with van der Waals surface area (Å²) < 4.78 is 5.70. The van der Waals surface area contributed by atoms with Gasteiger partial charge >= 0.3 is 0 Å². The molecule has 0 saturated heterocycles. The van der Waals surface area contributed by atoms with Gasteiger partial charge in [-0.2, -0.15) is 0 Å². The van der Waals surface area contributed by atoms with Crippen molar-refractivity contribution in [3.63, 3.8) is 0 Å². The van der Waals surface area contributed by atoms with Crippen molar-refractivity contribution in [3.8, 4) is 5.75 Å². The quantitative estimate of drug-likeness (QED) is 0.838. The van der Waals surface area contributed by atoms with Crippen molar-refractivity contribution in [3.05, 3.63) is 58.9 Å². The molecule has 4 heteroatoms. The van der Waals surface area contributed by atoms with Crippen LogP contribution >= 0.6 is 11.6 Å². The summed E-state index contributed by atoms with van der Waals surface area (Å²) in [5.41, 5.74) is 2.28. The van der Waals surface area contributed by atoms with E-state index in [1.165, 1.54) is 5.56 Å². The maximum Gasteiger partial charge on any atom is 0.119 e. The van der Waals surface area contributed by atoms with Crippen molar-refractivity contribution < 1.29 is 4.74 Å². The largest absolute Gasteiger partial charge is 0.494 e. The van der Waals surface area contributed by atoms with E-state index in [0.717, 1.165) is 30.8 Å². The van der Waals surface area contributed by atoms with Crippen LogP contribution in [0.3, 0.4) is 0 Å². The molecule has 0 aliphatic carbocycles. The third-order valence-corrected chi connectivity index (χ3v) is 3.70. The average Bonchev–Trinajstić information content (AvgIpc) is 2.52. The van der Waals surface area contributed by atoms with Crippen LogP contribution in [0, 0.1) is 0 Å². The number of hydrogen-bond acceptors (Lipinski definition) is 3. The Balaban J connectivity index is 2.15. The molecule has 0 aliphatic heterocycles. The smallest absolute Gasteiger partial charge is 0.119 e. The van der Waals surface area contributed by atoms with E-state index in [4.69, 9.17) is 16.3 Å². The lowest BCUT2D eigenvalue weighted by Gasteiger charge is -2.18. The zero-order chi connectivity index (χ0) is 15.1. The molecule has 0 radical (unpaired) electrons. The van der Waals surface area contributed by atoms with Gasteiger partial charge in [0.15, 0.2) is 0 Å². The molecule has 1 aromatic heterocycles. The number of benzene rings is 1. The highest BCUT2D eigenvalue weighted by molar-refractivity contribution is 6.31. The molecule has 0 saturated carbocycles. The Morgan fingerprint density at radius 2 is 2.19 bits per heavy atom. The van der Waals surface area contributed by atoms with Gasteiger partial charge < -0.3 is 10.1 Å². The summed E-state index contributed by atoms with van der Waals surface area (Å²) in [7, 11) is 1.96. The van der Waals surface area contributed by atoms with Crippen molar-refractivity contribution in [2.24, 2.45) is 0 Å². The molecule has 0 bridgehead atoms. The number of likely N-dealkylation sites (N-methyl/N-ethyl adjacent to an activating group) is 1. The van der Waals surface area contributed by atoms with E-state index in [-0.39, 0.29) is 6.04 Å². The van der Waals surface area contributed by atoms with Crippen LogP contribution in [0.2, 0.25) is 5.02 Å². The average molecular weight is 305 g/mol. The molecule has 112 valence electrons. The molecule has 3 nitrogen and oxygen atoms in total. The fourth-order valence-corrected chi connectivity index (χ4v) is 2.41. The molecule has 2 aromatic rings. The molecule has 21 heavy (non-hydrogen) atoms. The molecule has 1 aromatic carbocycles. The molecule has 2 rings (SSSR count). The molecule has 0 amide bonds. The number of nitrogens with zero attached hydrogens (tertiary/aromatic N) is 1. The highest BCUT2D eigenvalue weighted by atomic mass is 35.5. The topological polar surface area (TPSA) is 34.1 Å². The van der Waals surface area contributed by atoms with Crippen molar-refractivity contribution in [1.82, 2.24) is 10.3 Å². The van der Waals surface area contributed by atoms with Crippen LogP contribution in [0.25, 0.3) is 0 Å². The highest BCUT2D eigenvalue weighted by Crippen LogP contribution is 2.25. The first-order chi connectivity index (χ1) is 10.2. The van der Waals surface area contributed by atoms with E-state index in [1.54, 1.807) is 12.4 Å². The van der Waals surface area contributed by atoms with E-state index in [1.807, 2.05) is 25.2 Å². The van der Waals surface area contributed by atoms with Crippen LogP contribution < -0.4 is 10.1 Å². The van der Waals surface area contributed by atoms with Crippen molar-refractivity contribution in [1.29, 1.82) is 0 Å². The van der Waals surface area contributed by atoms with Crippen molar-refractivity contribution in [2.45, 2.75) is 25.8 Å². The zero-order valence-corrected chi connectivity index (χ0v) is 13.2. The summed E-state index contributed by atoms with van der Waals surface area (Å²) in [5, 5.41) is 4.05. The summed E-state index contributed by atoms with van der Waals surface area (Å²) in [4.78, 5) is 4.03. The lowest BCUT2D eigenvalue weighted by atomic mass is 9.99. The van der Waals surface area contributed by atoms with E-state index in [2.05, 4.69) is 29.4 Å². The first kappa shape index (κ1) is 15.8. The molecule has 1 N–H and O–H groups in total. The second kappa shape index (κ2) is 8.01. The number of rotatable bonds is 7. The lowest BCUT2D eigenvalue weighted by Crippen LogP contribution is -2.19. The van der Waals surface area contributed by atoms with Crippen molar-refractivity contribution >= 4 is 11.6 Å².